The molecule has 3 aromatic rings. The number of aryl methyl sites for hydroxylation is 2. The summed E-state index contributed by atoms with van der Waals surface area (Å²) in [6.07, 6.45) is 2.87. The average Bonchev–Trinajstić information content (AvgIpc) is 3.38. The van der Waals surface area contributed by atoms with Crippen LogP contribution in [0.25, 0.3) is 11.0 Å². The van der Waals surface area contributed by atoms with E-state index in [1.165, 1.54) is 28.0 Å². The minimum atomic E-state index is -0.345. The van der Waals surface area contributed by atoms with E-state index >= 15 is 0 Å². The summed E-state index contributed by atoms with van der Waals surface area (Å²) in [6.45, 7) is 4.96. The number of para-hydroxylation sites is 2. The number of benzene rings is 1. The van der Waals surface area contributed by atoms with Crippen LogP contribution in [0, 0.1) is 0 Å². The molecule has 0 bridgehead atoms. The highest BCUT2D eigenvalue weighted by Gasteiger charge is 2.28. The molecule has 1 amide bonds. The Hall–Kier alpha value is -2.32. The molecule has 0 saturated heterocycles. The van der Waals surface area contributed by atoms with E-state index in [9.17, 15) is 9.59 Å². The van der Waals surface area contributed by atoms with E-state index < -0.39 is 0 Å². The van der Waals surface area contributed by atoms with Gasteiger partial charge in [0.25, 0.3) is 0 Å². The summed E-state index contributed by atoms with van der Waals surface area (Å²) in [7, 11) is 0. The molecule has 2 heterocycles. The van der Waals surface area contributed by atoms with E-state index in [-0.39, 0.29) is 17.6 Å². The predicted octanol–water partition coefficient (Wildman–Crippen LogP) is 4.51. The largest absolute Gasteiger partial charge is 0.462 e. The molecule has 2 aromatic heterocycles. The molecule has 0 spiro atoms. The Labute approximate surface area is 177 Å². The fraction of sp³-hybridized carbons (Fsp3) is 0.381. The maximum Gasteiger partial charge on any atom is 0.341 e. The summed E-state index contributed by atoms with van der Waals surface area (Å²) in [4.78, 5) is 30.9. The van der Waals surface area contributed by atoms with Gasteiger partial charge in [-0.25, -0.2) is 9.78 Å². The molecule has 0 fully saturated rings. The maximum absolute atomic E-state index is 12.6. The fourth-order valence-corrected chi connectivity index (χ4v) is 5.85. The lowest BCUT2D eigenvalue weighted by atomic mass is 10.1. The quantitative estimate of drug-likeness (QED) is 0.442. The van der Waals surface area contributed by atoms with Gasteiger partial charge in [0.1, 0.15) is 5.00 Å². The molecule has 0 atom stereocenters. The van der Waals surface area contributed by atoms with E-state index in [4.69, 9.17) is 4.74 Å². The summed E-state index contributed by atoms with van der Waals surface area (Å²) in [5.74, 6) is -0.258. The zero-order chi connectivity index (χ0) is 20.4. The maximum atomic E-state index is 12.6. The summed E-state index contributed by atoms with van der Waals surface area (Å²) in [6, 6.07) is 7.97. The number of ether oxygens (including phenoxy) is 1. The molecule has 1 aliphatic carbocycles. The molecular weight excluding hydrogens is 406 g/mol. The van der Waals surface area contributed by atoms with Crippen LogP contribution in [0.2, 0.25) is 0 Å². The van der Waals surface area contributed by atoms with E-state index in [1.807, 2.05) is 24.3 Å². The summed E-state index contributed by atoms with van der Waals surface area (Å²) in [5.41, 5.74) is 3.58. The standard InChI is InChI=1S/C21H23N3O3S2/c1-3-24-15-10-6-5-9-14(15)22-21(24)28-12-17(25)23-19-18(20(26)27-4-2)13-8-7-11-16(13)29-19/h5-6,9-10H,3-4,7-8,11-12H2,1-2H3,(H,23,25). The number of thiophene rings is 1. The van der Waals surface area contributed by atoms with E-state index in [2.05, 4.69) is 21.8 Å². The van der Waals surface area contributed by atoms with Gasteiger partial charge >= 0.3 is 5.97 Å². The monoisotopic (exact) mass is 429 g/mol. The Morgan fingerprint density at radius 2 is 2.10 bits per heavy atom. The third kappa shape index (κ3) is 3.91. The number of nitrogens with one attached hydrogen (secondary N) is 1. The van der Waals surface area contributed by atoms with Crippen molar-refractivity contribution in [3.05, 3.63) is 40.3 Å². The van der Waals surface area contributed by atoms with Crippen LogP contribution < -0.4 is 5.32 Å². The lowest BCUT2D eigenvalue weighted by Crippen LogP contribution is -2.17. The van der Waals surface area contributed by atoms with Crippen LogP contribution in [-0.4, -0.2) is 33.8 Å². The Kier molecular flexibility index (Phi) is 5.91. The second-order valence-corrected chi connectivity index (χ2v) is 8.79. The number of esters is 1. The van der Waals surface area contributed by atoms with Gasteiger partial charge in [0.05, 0.1) is 29.0 Å². The van der Waals surface area contributed by atoms with Crippen LogP contribution in [0.1, 0.15) is 41.1 Å². The third-order valence-electron chi connectivity index (χ3n) is 4.92. The van der Waals surface area contributed by atoms with E-state index in [0.29, 0.717) is 17.2 Å². The minimum Gasteiger partial charge on any atom is -0.462 e. The lowest BCUT2D eigenvalue weighted by molar-refractivity contribution is -0.113. The second-order valence-electron chi connectivity index (χ2n) is 6.75. The smallest absolute Gasteiger partial charge is 0.341 e. The lowest BCUT2D eigenvalue weighted by Gasteiger charge is -2.08. The van der Waals surface area contributed by atoms with Gasteiger partial charge in [-0.15, -0.1) is 11.3 Å². The van der Waals surface area contributed by atoms with E-state index in [1.54, 1.807) is 6.92 Å². The van der Waals surface area contributed by atoms with Gasteiger partial charge in [-0.1, -0.05) is 23.9 Å². The molecule has 4 rings (SSSR count). The summed E-state index contributed by atoms with van der Waals surface area (Å²) >= 11 is 2.91. The molecule has 29 heavy (non-hydrogen) atoms. The average molecular weight is 430 g/mol. The highest BCUT2D eigenvalue weighted by Crippen LogP contribution is 2.39. The van der Waals surface area contributed by atoms with Crippen LogP contribution in [0.15, 0.2) is 29.4 Å². The SMILES string of the molecule is CCOC(=O)c1c(NC(=O)CSc2nc3ccccc3n2CC)sc2c1CCC2. The summed E-state index contributed by atoms with van der Waals surface area (Å²) in [5, 5.41) is 4.38. The molecule has 1 aliphatic rings. The molecule has 0 saturated carbocycles. The molecule has 0 unspecified atom stereocenters. The van der Waals surface area contributed by atoms with Crippen LogP contribution in [0.3, 0.4) is 0 Å². The number of nitrogens with zero attached hydrogens (tertiary/aromatic N) is 2. The zero-order valence-electron chi connectivity index (χ0n) is 16.5. The van der Waals surface area contributed by atoms with Crippen molar-refractivity contribution >= 4 is 51.0 Å². The predicted molar refractivity (Wildman–Crippen MR) is 117 cm³/mol. The van der Waals surface area contributed by atoms with Gasteiger partial charge in [0.15, 0.2) is 5.16 Å². The first kappa shape index (κ1) is 20.0. The highest BCUT2D eigenvalue weighted by molar-refractivity contribution is 7.99. The van der Waals surface area contributed by atoms with Gasteiger partial charge in [-0.3, -0.25) is 4.79 Å². The van der Waals surface area contributed by atoms with E-state index in [0.717, 1.165) is 47.6 Å². The first-order valence-electron chi connectivity index (χ1n) is 9.81. The number of carbonyl (C=O) groups is 2. The van der Waals surface area contributed by atoms with Crippen molar-refractivity contribution < 1.29 is 14.3 Å². The van der Waals surface area contributed by atoms with Crippen LogP contribution in [-0.2, 0) is 28.9 Å². The van der Waals surface area contributed by atoms with Crippen LogP contribution in [0.4, 0.5) is 5.00 Å². The molecule has 6 nitrogen and oxygen atoms in total. The summed E-state index contributed by atoms with van der Waals surface area (Å²) < 4.78 is 7.33. The minimum absolute atomic E-state index is 0.143. The van der Waals surface area contributed by atoms with Gasteiger partial charge in [0, 0.05) is 11.4 Å². The van der Waals surface area contributed by atoms with Crippen LogP contribution >= 0.6 is 23.1 Å². The number of aromatic nitrogens is 2. The molecule has 1 N–H and O–H groups in total. The number of thioether (sulfide) groups is 1. The number of hydrogen-bond donors (Lipinski definition) is 1. The number of amides is 1. The number of hydrogen-bond acceptors (Lipinski definition) is 6. The third-order valence-corrected chi connectivity index (χ3v) is 7.11. The van der Waals surface area contributed by atoms with Gasteiger partial charge in [-0.05, 0) is 50.8 Å². The number of fused-ring (bicyclic) bond motifs is 2. The van der Waals surface area contributed by atoms with Gasteiger partial charge < -0.3 is 14.6 Å². The number of anilines is 1. The Morgan fingerprint density at radius 3 is 2.90 bits per heavy atom. The number of carbonyl (C=O) groups excluding carboxylic acids is 2. The van der Waals surface area contributed by atoms with Crippen molar-refractivity contribution in [2.45, 2.75) is 44.8 Å². The molecule has 152 valence electrons. The van der Waals surface area contributed by atoms with Gasteiger partial charge in [0.2, 0.25) is 5.91 Å². The van der Waals surface area contributed by atoms with Gasteiger partial charge in [-0.2, -0.15) is 0 Å². The second kappa shape index (κ2) is 8.59. The topological polar surface area (TPSA) is 73.2 Å². The molecule has 8 heteroatoms. The first-order valence-corrected chi connectivity index (χ1v) is 11.6. The van der Waals surface area contributed by atoms with Crippen molar-refractivity contribution in [2.75, 3.05) is 17.7 Å². The fourth-order valence-electron chi connectivity index (χ4n) is 3.67. The Balaban J connectivity index is 1.49. The molecule has 1 aromatic carbocycles. The Bertz CT molecular complexity index is 1070. The van der Waals surface area contributed by atoms with Crippen molar-refractivity contribution in [1.82, 2.24) is 9.55 Å². The zero-order valence-corrected chi connectivity index (χ0v) is 18.1. The Morgan fingerprint density at radius 1 is 1.28 bits per heavy atom. The first-order chi connectivity index (χ1) is 14.1. The van der Waals surface area contributed by atoms with Crippen molar-refractivity contribution in [3.63, 3.8) is 0 Å². The number of imidazole rings is 1. The van der Waals surface area contributed by atoms with Crippen molar-refractivity contribution in [1.29, 1.82) is 0 Å². The van der Waals surface area contributed by atoms with Crippen molar-refractivity contribution in [2.24, 2.45) is 0 Å². The molecule has 0 aliphatic heterocycles. The van der Waals surface area contributed by atoms with Crippen LogP contribution in [0.5, 0.6) is 0 Å². The molecular formula is C21H23N3O3S2. The number of rotatable bonds is 7. The van der Waals surface area contributed by atoms with Crippen molar-refractivity contribution in [3.8, 4) is 0 Å². The molecule has 0 radical (unpaired) electrons. The highest BCUT2D eigenvalue weighted by atomic mass is 32.2. The normalized spacial score (nSPS) is 12.9.